The van der Waals surface area contributed by atoms with Crippen LogP contribution in [0.5, 0.6) is 0 Å². The molecule has 122 valence electrons. The Morgan fingerprint density at radius 1 is 0.708 bits per heavy atom. The summed E-state index contributed by atoms with van der Waals surface area (Å²) < 4.78 is 0. The fraction of sp³-hybridized carbons (Fsp3) is 0.167. The molecule has 0 amide bonds. The molecule has 0 aliphatic carbocycles. The van der Waals surface area contributed by atoms with Crippen molar-refractivity contribution in [1.82, 2.24) is 15.0 Å². The number of aryl methyl sites for hydroxylation is 3. The van der Waals surface area contributed by atoms with Gasteiger partial charge in [0.15, 0.2) is 0 Å². The molecule has 0 aliphatic heterocycles. The summed E-state index contributed by atoms with van der Waals surface area (Å²) in [5.41, 5.74) is 5.40. The lowest BCUT2D eigenvalue weighted by atomic mass is 10.1. The average Bonchev–Trinajstić information content (AvgIpc) is 2.53. The van der Waals surface area contributed by atoms with E-state index in [9.17, 15) is 0 Å². The van der Waals surface area contributed by atoms with Crippen LogP contribution in [0.4, 0.5) is 23.3 Å². The summed E-state index contributed by atoms with van der Waals surface area (Å²) in [5.74, 6) is 0.790. The van der Waals surface area contributed by atoms with Crippen LogP contribution in [0.25, 0.3) is 0 Å². The van der Waals surface area contributed by atoms with E-state index in [4.69, 9.17) is 11.6 Å². The lowest BCUT2D eigenvalue weighted by Gasteiger charge is -2.10. The van der Waals surface area contributed by atoms with E-state index in [-0.39, 0.29) is 5.28 Å². The van der Waals surface area contributed by atoms with E-state index in [0.29, 0.717) is 11.9 Å². The van der Waals surface area contributed by atoms with E-state index in [1.54, 1.807) is 0 Å². The van der Waals surface area contributed by atoms with Gasteiger partial charge in [0.05, 0.1) is 0 Å². The summed E-state index contributed by atoms with van der Waals surface area (Å²) in [7, 11) is 0. The maximum Gasteiger partial charge on any atom is 0.233 e. The van der Waals surface area contributed by atoms with Crippen LogP contribution in [0.15, 0.2) is 42.5 Å². The minimum absolute atomic E-state index is 0.131. The Morgan fingerprint density at radius 3 is 1.92 bits per heavy atom. The van der Waals surface area contributed by atoms with Gasteiger partial charge in [-0.3, -0.25) is 0 Å². The first-order valence-electron chi connectivity index (χ1n) is 7.59. The molecule has 2 N–H and O–H groups in total. The van der Waals surface area contributed by atoms with Gasteiger partial charge < -0.3 is 10.6 Å². The molecule has 1 aromatic heterocycles. The molecule has 0 bridgehead atoms. The summed E-state index contributed by atoms with van der Waals surface area (Å²) in [6.45, 7) is 6.17. The number of hydrogen-bond donors (Lipinski definition) is 2. The lowest BCUT2D eigenvalue weighted by molar-refractivity contribution is 1.06. The first kappa shape index (κ1) is 16.2. The van der Waals surface area contributed by atoms with Crippen molar-refractivity contribution >= 4 is 34.9 Å². The van der Waals surface area contributed by atoms with Gasteiger partial charge in [-0.25, -0.2) is 0 Å². The zero-order valence-electron chi connectivity index (χ0n) is 13.8. The third-order valence-corrected chi connectivity index (χ3v) is 3.85. The normalized spacial score (nSPS) is 10.5. The van der Waals surface area contributed by atoms with Crippen LogP contribution in [0, 0.1) is 20.8 Å². The Balaban J connectivity index is 1.82. The van der Waals surface area contributed by atoms with E-state index in [0.717, 1.165) is 11.4 Å². The lowest BCUT2D eigenvalue weighted by Crippen LogP contribution is -2.04. The highest BCUT2D eigenvalue weighted by Gasteiger charge is 2.06. The molecule has 5 nitrogen and oxygen atoms in total. The highest BCUT2D eigenvalue weighted by Crippen LogP contribution is 2.20. The Morgan fingerprint density at radius 2 is 1.29 bits per heavy atom. The zero-order chi connectivity index (χ0) is 17.1. The second kappa shape index (κ2) is 6.84. The molecular weight excluding hydrogens is 322 g/mol. The first-order valence-corrected chi connectivity index (χ1v) is 7.97. The Kier molecular flexibility index (Phi) is 4.62. The van der Waals surface area contributed by atoms with E-state index in [1.165, 1.54) is 16.7 Å². The molecule has 1 heterocycles. The second-order valence-corrected chi connectivity index (χ2v) is 6.00. The van der Waals surface area contributed by atoms with E-state index >= 15 is 0 Å². The Labute approximate surface area is 146 Å². The van der Waals surface area contributed by atoms with Gasteiger partial charge >= 0.3 is 0 Å². The first-order chi connectivity index (χ1) is 11.5. The molecule has 6 heteroatoms. The second-order valence-electron chi connectivity index (χ2n) is 5.67. The molecule has 0 saturated heterocycles. The van der Waals surface area contributed by atoms with Crippen molar-refractivity contribution in [3.05, 3.63) is 64.4 Å². The minimum Gasteiger partial charge on any atom is -0.324 e. The van der Waals surface area contributed by atoms with Crippen LogP contribution < -0.4 is 10.6 Å². The quantitative estimate of drug-likeness (QED) is 0.705. The number of nitrogens with zero attached hydrogens (tertiary/aromatic N) is 3. The van der Waals surface area contributed by atoms with Crippen molar-refractivity contribution in [2.75, 3.05) is 10.6 Å². The van der Waals surface area contributed by atoms with Gasteiger partial charge in [0.25, 0.3) is 0 Å². The molecule has 0 aliphatic rings. The van der Waals surface area contributed by atoms with Crippen molar-refractivity contribution < 1.29 is 0 Å². The maximum absolute atomic E-state index is 6.02. The van der Waals surface area contributed by atoms with Crippen LogP contribution in [-0.4, -0.2) is 15.0 Å². The fourth-order valence-electron chi connectivity index (χ4n) is 2.18. The van der Waals surface area contributed by atoms with Gasteiger partial charge in [0, 0.05) is 11.4 Å². The fourth-order valence-corrected chi connectivity index (χ4v) is 2.34. The van der Waals surface area contributed by atoms with Gasteiger partial charge in [0.1, 0.15) is 0 Å². The highest BCUT2D eigenvalue weighted by molar-refractivity contribution is 6.28. The molecule has 0 unspecified atom stereocenters. The molecule has 0 radical (unpaired) electrons. The summed E-state index contributed by atoms with van der Waals surface area (Å²) in [4.78, 5) is 12.6. The number of rotatable bonds is 4. The largest absolute Gasteiger partial charge is 0.324 e. The van der Waals surface area contributed by atoms with E-state index in [2.05, 4.69) is 39.4 Å². The monoisotopic (exact) mass is 339 g/mol. The van der Waals surface area contributed by atoms with Crippen LogP contribution in [0.3, 0.4) is 0 Å². The Bertz CT molecular complexity index is 862. The molecule has 2 aromatic carbocycles. The maximum atomic E-state index is 6.02. The third kappa shape index (κ3) is 4.00. The van der Waals surface area contributed by atoms with Crippen LogP contribution in [-0.2, 0) is 0 Å². The molecule has 0 spiro atoms. The zero-order valence-corrected chi connectivity index (χ0v) is 14.5. The number of hydrogen-bond acceptors (Lipinski definition) is 5. The Hall–Kier alpha value is -2.66. The van der Waals surface area contributed by atoms with Gasteiger partial charge in [0.2, 0.25) is 17.2 Å². The molecule has 3 aromatic rings. The average molecular weight is 340 g/mol. The standard InChI is InChI=1S/C18H18ClN5/c1-11-4-7-14(8-5-11)20-17-22-16(19)23-18(24-17)21-15-9-6-12(2)13(3)10-15/h4-10H,1-3H3,(H2,20,21,22,23,24). The number of anilines is 4. The number of halogens is 1. The van der Waals surface area contributed by atoms with Crippen molar-refractivity contribution in [3.63, 3.8) is 0 Å². The number of benzene rings is 2. The number of nitrogens with one attached hydrogen (secondary N) is 2. The van der Waals surface area contributed by atoms with E-state index < -0.39 is 0 Å². The van der Waals surface area contributed by atoms with Gasteiger partial charge in [-0.05, 0) is 67.8 Å². The summed E-state index contributed by atoms with van der Waals surface area (Å²) in [5, 5.41) is 6.42. The van der Waals surface area contributed by atoms with E-state index in [1.807, 2.05) is 49.4 Å². The van der Waals surface area contributed by atoms with Crippen molar-refractivity contribution in [1.29, 1.82) is 0 Å². The predicted octanol–water partition coefficient (Wildman–Crippen LogP) is 4.94. The van der Waals surface area contributed by atoms with Crippen molar-refractivity contribution in [2.24, 2.45) is 0 Å². The minimum atomic E-state index is 0.131. The molecule has 0 fully saturated rings. The third-order valence-electron chi connectivity index (χ3n) is 3.68. The predicted molar refractivity (Wildman–Crippen MR) is 98.5 cm³/mol. The van der Waals surface area contributed by atoms with Gasteiger partial charge in [-0.1, -0.05) is 23.8 Å². The van der Waals surface area contributed by atoms with Crippen LogP contribution in [0.2, 0.25) is 5.28 Å². The molecule has 24 heavy (non-hydrogen) atoms. The topological polar surface area (TPSA) is 62.7 Å². The van der Waals surface area contributed by atoms with Gasteiger partial charge in [-0.2, -0.15) is 15.0 Å². The molecule has 0 saturated carbocycles. The molecule has 0 atom stereocenters. The van der Waals surface area contributed by atoms with Crippen molar-refractivity contribution in [2.45, 2.75) is 20.8 Å². The summed E-state index contributed by atoms with van der Waals surface area (Å²) in [6, 6.07) is 14.0. The SMILES string of the molecule is Cc1ccc(Nc2nc(Cl)nc(Nc3ccc(C)c(C)c3)n2)cc1. The summed E-state index contributed by atoms with van der Waals surface area (Å²) in [6.07, 6.45) is 0. The summed E-state index contributed by atoms with van der Waals surface area (Å²) >= 11 is 6.02. The van der Waals surface area contributed by atoms with Crippen molar-refractivity contribution in [3.8, 4) is 0 Å². The smallest absolute Gasteiger partial charge is 0.233 e. The molecular formula is C18H18ClN5. The van der Waals surface area contributed by atoms with Gasteiger partial charge in [-0.15, -0.1) is 0 Å². The van der Waals surface area contributed by atoms with Crippen LogP contribution >= 0.6 is 11.6 Å². The molecule has 3 rings (SSSR count). The highest BCUT2D eigenvalue weighted by atomic mass is 35.5. The number of aromatic nitrogens is 3. The van der Waals surface area contributed by atoms with Crippen LogP contribution in [0.1, 0.15) is 16.7 Å².